The second kappa shape index (κ2) is 5.36. The summed E-state index contributed by atoms with van der Waals surface area (Å²) in [5, 5.41) is 13.4. The maximum absolute atomic E-state index is 12.3. The van der Waals surface area contributed by atoms with Crippen LogP contribution in [0.25, 0.3) is 0 Å². The van der Waals surface area contributed by atoms with Gasteiger partial charge in [0.05, 0.1) is 10.4 Å². The van der Waals surface area contributed by atoms with Crippen molar-refractivity contribution in [2.75, 3.05) is 5.32 Å². The zero-order valence-corrected chi connectivity index (χ0v) is 13.6. The lowest BCUT2D eigenvalue weighted by atomic mass is 9.75. The van der Waals surface area contributed by atoms with E-state index in [4.69, 9.17) is 0 Å². The largest absolute Gasteiger partial charge is 0.349 e. The van der Waals surface area contributed by atoms with Gasteiger partial charge in [-0.25, -0.2) is 0 Å². The van der Waals surface area contributed by atoms with Crippen molar-refractivity contribution >= 4 is 27.9 Å². The van der Waals surface area contributed by atoms with Gasteiger partial charge >= 0.3 is 0 Å². The molecule has 0 fully saturated rings. The Bertz CT molecular complexity index is 735. The summed E-state index contributed by atoms with van der Waals surface area (Å²) in [5.74, 6) is 0.236. The molecule has 0 aliphatic heterocycles. The average Bonchev–Trinajstić information content (AvgIpc) is 2.75. The van der Waals surface area contributed by atoms with Gasteiger partial charge in [0.2, 0.25) is 0 Å². The molecule has 2 aliphatic carbocycles. The zero-order chi connectivity index (χ0) is 15.9. The quantitative estimate of drug-likeness (QED) is 0.900. The number of carbonyl (C=O) groups excluding carboxylic acids is 2. The van der Waals surface area contributed by atoms with Crippen molar-refractivity contribution in [2.45, 2.75) is 46.0 Å². The fraction of sp³-hybridized carbons (Fsp3) is 0.471. The average molecular weight is 314 g/mol. The highest BCUT2D eigenvalue weighted by Crippen LogP contribution is 2.44. The number of fused-ring (bicyclic) bond motifs is 1. The molecule has 0 atom stereocenters. The number of ketones is 2. The number of thiophene rings is 1. The van der Waals surface area contributed by atoms with Gasteiger partial charge in [0, 0.05) is 24.6 Å². The Kier molecular flexibility index (Phi) is 3.65. The monoisotopic (exact) mass is 314 g/mol. The van der Waals surface area contributed by atoms with Crippen molar-refractivity contribution in [3.8, 4) is 6.07 Å². The minimum Gasteiger partial charge on any atom is -0.349 e. The minimum atomic E-state index is -0.103. The number of nitrogens with one attached hydrogen (secondary N) is 1. The first-order valence-electron chi connectivity index (χ1n) is 7.49. The van der Waals surface area contributed by atoms with Crippen LogP contribution >= 0.6 is 11.3 Å². The first-order valence-corrected chi connectivity index (χ1v) is 8.31. The maximum Gasteiger partial charge on any atom is 0.173 e. The van der Waals surface area contributed by atoms with Crippen molar-refractivity contribution in [3.63, 3.8) is 0 Å². The molecule has 0 saturated carbocycles. The van der Waals surface area contributed by atoms with Gasteiger partial charge in [-0.05, 0) is 30.2 Å². The third kappa shape index (κ3) is 2.71. The van der Waals surface area contributed by atoms with Crippen LogP contribution in [0.1, 0.15) is 60.3 Å². The molecule has 1 heterocycles. The lowest BCUT2D eigenvalue weighted by molar-refractivity contribution is -0.115. The number of anilines is 1. The molecule has 1 aromatic heterocycles. The first-order chi connectivity index (χ1) is 10.4. The number of hydrogen-bond donors (Lipinski definition) is 1. The van der Waals surface area contributed by atoms with Crippen LogP contribution in [0.2, 0.25) is 0 Å². The number of rotatable bonds is 2. The van der Waals surface area contributed by atoms with E-state index in [1.807, 2.05) is 0 Å². The van der Waals surface area contributed by atoms with Gasteiger partial charge in [-0.15, -0.1) is 11.3 Å². The highest BCUT2D eigenvalue weighted by atomic mass is 32.1. The minimum absolute atomic E-state index is 0.103. The molecule has 0 radical (unpaired) electrons. The molecule has 0 saturated heterocycles. The third-order valence-corrected chi connectivity index (χ3v) is 5.33. The van der Waals surface area contributed by atoms with E-state index in [0.717, 1.165) is 30.5 Å². The second-order valence-corrected chi connectivity index (χ2v) is 7.80. The third-order valence-electron chi connectivity index (χ3n) is 4.15. The molecular weight excluding hydrogens is 296 g/mol. The molecule has 1 aromatic rings. The summed E-state index contributed by atoms with van der Waals surface area (Å²) in [5.41, 5.74) is 2.19. The van der Waals surface area contributed by atoms with Crippen LogP contribution in [-0.2, 0) is 11.2 Å². The Morgan fingerprint density at radius 1 is 1.27 bits per heavy atom. The molecular formula is C17H18N2O2S. The summed E-state index contributed by atoms with van der Waals surface area (Å²) in [6.07, 6.45) is 5.10. The summed E-state index contributed by atoms with van der Waals surface area (Å²) in [7, 11) is 0. The van der Waals surface area contributed by atoms with Crippen molar-refractivity contribution in [3.05, 3.63) is 27.8 Å². The molecule has 114 valence electrons. The fourth-order valence-electron chi connectivity index (χ4n) is 3.16. The standard InChI is InChI=1S/C17H18N2O2S/c1-17(2)7-12-13(9-18)16(22-15(12)14(21)8-17)19-10-4-3-5-11(20)6-10/h6,19H,3-5,7-8H2,1-2H3. The van der Waals surface area contributed by atoms with E-state index in [0.29, 0.717) is 28.3 Å². The molecule has 22 heavy (non-hydrogen) atoms. The number of carbonyl (C=O) groups is 2. The Morgan fingerprint density at radius 3 is 2.73 bits per heavy atom. The van der Waals surface area contributed by atoms with Crippen LogP contribution < -0.4 is 5.32 Å². The predicted octanol–water partition coefficient (Wildman–Crippen LogP) is 3.82. The van der Waals surface area contributed by atoms with Gasteiger partial charge < -0.3 is 5.32 Å². The molecule has 2 aliphatic rings. The number of hydrogen-bond acceptors (Lipinski definition) is 5. The molecule has 0 spiro atoms. The smallest absolute Gasteiger partial charge is 0.173 e. The second-order valence-electron chi connectivity index (χ2n) is 6.78. The highest BCUT2D eigenvalue weighted by Gasteiger charge is 2.35. The van der Waals surface area contributed by atoms with Crippen molar-refractivity contribution in [2.24, 2.45) is 5.41 Å². The molecule has 1 N–H and O–H groups in total. The Balaban J connectivity index is 1.99. The van der Waals surface area contributed by atoms with Crippen LogP contribution in [-0.4, -0.2) is 11.6 Å². The van der Waals surface area contributed by atoms with Gasteiger partial charge in [0.1, 0.15) is 11.1 Å². The molecule has 0 aromatic carbocycles. The number of nitrogens with zero attached hydrogens (tertiary/aromatic N) is 1. The van der Waals surface area contributed by atoms with Crippen LogP contribution in [0.4, 0.5) is 5.00 Å². The normalized spacial score (nSPS) is 20.1. The van der Waals surface area contributed by atoms with Gasteiger partial charge in [0.25, 0.3) is 0 Å². The van der Waals surface area contributed by atoms with Crippen molar-refractivity contribution in [1.82, 2.24) is 0 Å². The summed E-state index contributed by atoms with van der Waals surface area (Å²) in [6, 6.07) is 2.25. The molecule has 3 rings (SSSR count). The molecule has 4 nitrogen and oxygen atoms in total. The predicted molar refractivity (Wildman–Crippen MR) is 86.0 cm³/mol. The van der Waals surface area contributed by atoms with E-state index >= 15 is 0 Å². The van der Waals surface area contributed by atoms with Gasteiger partial charge in [-0.1, -0.05) is 13.8 Å². The molecule has 0 amide bonds. The van der Waals surface area contributed by atoms with E-state index in [-0.39, 0.29) is 17.0 Å². The summed E-state index contributed by atoms with van der Waals surface area (Å²) < 4.78 is 0. The number of nitriles is 1. The van der Waals surface area contributed by atoms with E-state index in [1.165, 1.54) is 11.3 Å². The van der Waals surface area contributed by atoms with Crippen LogP contribution in [0, 0.1) is 16.7 Å². The maximum atomic E-state index is 12.3. The first kappa shape index (κ1) is 15.0. The molecule has 0 unspecified atom stereocenters. The Morgan fingerprint density at radius 2 is 2.05 bits per heavy atom. The van der Waals surface area contributed by atoms with E-state index in [1.54, 1.807) is 6.08 Å². The lowest BCUT2D eigenvalue weighted by Crippen LogP contribution is -2.26. The highest BCUT2D eigenvalue weighted by molar-refractivity contribution is 7.18. The number of allylic oxidation sites excluding steroid dienone is 2. The summed E-state index contributed by atoms with van der Waals surface area (Å²) in [6.45, 7) is 4.12. The van der Waals surface area contributed by atoms with E-state index in [9.17, 15) is 14.9 Å². The van der Waals surface area contributed by atoms with E-state index < -0.39 is 0 Å². The van der Waals surface area contributed by atoms with Crippen molar-refractivity contribution < 1.29 is 9.59 Å². The summed E-state index contributed by atoms with van der Waals surface area (Å²) >= 11 is 1.35. The van der Waals surface area contributed by atoms with E-state index in [2.05, 4.69) is 25.2 Å². The zero-order valence-electron chi connectivity index (χ0n) is 12.8. The van der Waals surface area contributed by atoms with Gasteiger partial charge in [0.15, 0.2) is 11.6 Å². The summed E-state index contributed by atoms with van der Waals surface area (Å²) in [4.78, 5) is 24.6. The van der Waals surface area contributed by atoms with Gasteiger partial charge in [-0.2, -0.15) is 5.26 Å². The molecule has 5 heteroatoms. The lowest BCUT2D eigenvalue weighted by Gasteiger charge is -2.28. The van der Waals surface area contributed by atoms with Crippen LogP contribution in [0.3, 0.4) is 0 Å². The van der Waals surface area contributed by atoms with Gasteiger partial charge in [-0.3, -0.25) is 9.59 Å². The SMILES string of the molecule is CC1(C)CC(=O)c2sc(NC3=CC(=O)CCC3)c(C#N)c2C1. The number of Topliss-reactive ketones (excluding diaryl/α,β-unsaturated/α-hetero) is 1. The topological polar surface area (TPSA) is 70.0 Å². The van der Waals surface area contributed by atoms with Crippen molar-refractivity contribution in [1.29, 1.82) is 5.26 Å². The Labute approximate surface area is 133 Å². The Hall–Kier alpha value is -1.93. The van der Waals surface area contributed by atoms with Crippen LogP contribution in [0.5, 0.6) is 0 Å². The molecule has 0 bridgehead atoms. The fourth-order valence-corrected chi connectivity index (χ4v) is 4.30. The van der Waals surface area contributed by atoms with Crippen LogP contribution in [0.15, 0.2) is 11.8 Å².